The van der Waals surface area contributed by atoms with Gasteiger partial charge in [0.2, 0.25) is 5.91 Å². The highest BCUT2D eigenvalue weighted by atomic mass is 32.2. The third-order valence-electron chi connectivity index (χ3n) is 5.27. The Labute approximate surface area is 207 Å². The summed E-state index contributed by atoms with van der Waals surface area (Å²) in [5.41, 5.74) is 1.34. The van der Waals surface area contributed by atoms with Gasteiger partial charge in [-0.1, -0.05) is 24.8 Å². The molecule has 2 aromatic heterocycles. The van der Waals surface area contributed by atoms with E-state index in [0.29, 0.717) is 52.1 Å². The van der Waals surface area contributed by atoms with Crippen molar-refractivity contribution in [3.63, 3.8) is 0 Å². The van der Waals surface area contributed by atoms with E-state index >= 15 is 0 Å². The molecule has 0 spiro atoms. The molecule has 180 valence electrons. The summed E-state index contributed by atoms with van der Waals surface area (Å²) in [7, 11) is 1.57. The zero-order valence-corrected chi connectivity index (χ0v) is 20.5. The predicted molar refractivity (Wildman–Crippen MR) is 138 cm³/mol. The summed E-state index contributed by atoms with van der Waals surface area (Å²) in [6, 6.07) is 17.8. The Kier molecular flexibility index (Phi) is 7.67. The Hall–Kier alpha value is -3.85. The zero-order chi connectivity index (χ0) is 24.8. The molecule has 0 saturated carbocycles. The zero-order valence-electron chi connectivity index (χ0n) is 19.7. The Bertz CT molecular complexity index is 1390. The van der Waals surface area contributed by atoms with Crippen LogP contribution in [0.5, 0.6) is 11.5 Å². The Morgan fingerprint density at radius 3 is 2.60 bits per heavy atom. The SMILES string of the molecule is CCOc1ccc(-n2c(S[C@@H](CC)C(=O)Nc3cccc(OC)c3)nc3ncccc3c2=O)cc1. The molecule has 1 amide bonds. The molecular weight excluding hydrogens is 464 g/mol. The van der Waals surface area contributed by atoms with Crippen molar-refractivity contribution in [3.05, 3.63) is 77.2 Å². The fourth-order valence-corrected chi connectivity index (χ4v) is 4.56. The normalized spacial score (nSPS) is 11.7. The van der Waals surface area contributed by atoms with E-state index in [4.69, 9.17) is 9.47 Å². The van der Waals surface area contributed by atoms with Gasteiger partial charge in [-0.25, -0.2) is 9.97 Å². The van der Waals surface area contributed by atoms with Crippen LogP contribution in [0.25, 0.3) is 16.7 Å². The van der Waals surface area contributed by atoms with Crippen molar-refractivity contribution in [3.8, 4) is 17.2 Å². The molecule has 4 rings (SSSR count). The maximum absolute atomic E-state index is 13.5. The molecular formula is C26H26N4O4S. The van der Waals surface area contributed by atoms with Crippen LogP contribution in [0.1, 0.15) is 20.3 Å². The summed E-state index contributed by atoms with van der Waals surface area (Å²) >= 11 is 1.23. The molecule has 0 aliphatic rings. The number of methoxy groups -OCH3 is 1. The topological polar surface area (TPSA) is 95.3 Å². The Morgan fingerprint density at radius 1 is 1.09 bits per heavy atom. The average Bonchev–Trinajstić information content (AvgIpc) is 2.88. The second-order valence-corrected chi connectivity index (χ2v) is 8.74. The molecule has 0 fully saturated rings. The van der Waals surface area contributed by atoms with Crippen molar-refractivity contribution in [2.75, 3.05) is 19.0 Å². The van der Waals surface area contributed by atoms with Gasteiger partial charge in [-0.2, -0.15) is 0 Å². The summed E-state index contributed by atoms with van der Waals surface area (Å²) < 4.78 is 12.3. The van der Waals surface area contributed by atoms with E-state index in [1.54, 1.807) is 61.8 Å². The maximum atomic E-state index is 13.5. The number of carbonyl (C=O) groups is 1. The monoisotopic (exact) mass is 490 g/mol. The number of anilines is 1. The lowest BCUT2D eigenvalue weighted by Crippen LogP contribution is -2.27. The van der Waals surface area contributed by atoms with Crippen LogP contribution in [0, 0.1) is 0 Å². The Morgan fingerprint density at radius 2 is 1.89 bits per heavy atom. The van der Waals surface area contributed by atoms with Crippen LogP contribution < -0.4 is 20.3 Å². The highest BCUT2D eigenvalue weighted by molar-refractivity contribution is 8.00. The first-order chi connectivity index (χ1) is 17.0. The first kappa shape index (κ1) is 24.3. The van der Waals surface area contributed by atoms with E-state index in [1.165, 1.54) is 16.3 Å². The number of rotatable bonds is 9. The van der Waals surface area contributed by atoms with Crippen LogP contribution in [0.4, 0.5) is 5.69 Å². The molecule has 2 aromatic carbocycles. The number of hydrogen-bond acceptors (Lipinski definition) is 7. The number of ether oxygens (including phenoxy) is 2. The lowest BCUT2D eigenvalue weighted by atomic mass is 10.2. The Balaban J connectivity index is 1.71. The van der Waals surface area contributed by atoms with E-state index in [9.17, 15) is 9.59 Å². The number of hydrogen-bond donors (Lipinski definition) is 1. The number of nitrogens with one attached hydrogen (secondary N) is 1. The van der Waals surface area contributed by atoms with Crippen molar-refractivity contribution in [2.24, 2.45) is 0 Å². The molecule has 0 saturated heterocycles. The smallest absolute Gasteiger partial charge is 0.268 e. The van der Waals surface area contributed by atoms with Crippen LogP contribution in [-0.4, -0.2) is 39.4 Å². The molecule has 0 aliphatic heterocycles. The fraction of sp³-hybridized carbons (Fsp3) is 0.231. The number of aromatic nitrogens is 3. The van der Waals surface area contributed by atoms with Crippen LogP contribution in [0.15, 0.2) is 76.8 Å². The molecule has 0 bridgehead atoms. The number of nitrogens with zero attached hydrogens (tertiary/aromatic N) is 3. The number of pyridine rings is 1. The predicted octanol–water partition coefficient (Wildman–Crippen LogP) is 4.70. The quantitative estimate of drug-likeness (QED) is 0.268. The third-order valence-corrected chi connectivity index (χ3v) is 6.58. The van der Waals surface area contributed by atoms with E-state index < -0.39 is 5.25 Å². The first-order valence-electron chi connectivity index (χ1n) is 11.3. The highest BCUT2D eigenvalue weighted by Crippen LogP contribution is 2.28. The number of amides is 1. The fourth-order valence-electron chi connectivity index (χ4n) is 3.54. The summed E-state index contributed by atoms with van der Waals surface area (Å²) in [6.45, 7) is 4.38. The number of fused-ring (bicyclic) bond motifs is 1. The lowest BCUT2D eigenvalue weighted by molar-refractivity contribution is -0.115. The van der Waals surface area contributed by atoms with Gasteiger partial charge in [-0.3, -0.25) is 14.2 Å². The van der Waals surface area contributed by atoms with E-state index in [1.807, 2.05) is 26.0 Å². The summed E-state index contributed by atoms with van der Waals surface area (Å²) in [5, 5.41) is 3.23. The minimum absolute atomic E-state index is 0.195. The summed E-state index contributed by atoms with van der Waals surface area (Å²) in [6.07, 6.45) is 2.12. The molecule has 1 N–H and O–H groups in total. The van der Waals surface area contributed by atoms with Crippen LogP contribution >= 0.6 is 11.8 Å². The summed E-state index contributed by atoms with van der Waals surface area (Å²) in [4.78, 5) is 35.6. The van der Waals surface area contributed by atoms with E-state index in [-0.39, 0.29) is 11.5 Å². The van der Waals surface area contributed by atoms with Crippen LogP contribution in [0.2, 0.25) is 0 Å². The molecule has 0 unspecified atom stereocenters. The maximum Gasteiger partial charge on any atom is 0.268 e. The second kappa shape index (κ2) is 11.1. The molecule has 0 aliphatic carbocycles. The minimum Gasteiger partial charge on any atom is -0.497 e. The van der Waals surface area contributed by atoms with Crippen molar-refractivity contribution in [1.82, 2.24) is 14.5 Å². The van der Waals surface area contributed by atoms with Gasteiger partial charge in [-0.15, -0.1) is 0 Å². The molecule has 35 heavy (non-hydrogen) atoms. The number of thioether (sulfide) groups is 1. The average molecular weight is 491 g/mol. The van der Waals surface area contributed by atoms with Gasteiger partial charge in [-0.05, 0) is 61.9 Å². The molecule has 8 nitrogen and oxygen atoms in total. The van der Waals surface area contributed by atoms with Gasteiger partial charge in [0, 0.05) is 18.0 Å². The molecule has 0 radical (unpaired) electrons. The van der Waals surface area contributed by atoms with Crippen LogP contribution in [-0.2, 0) is 4.79 Å². The molecule has 4 aromatic rings. The van der Waals surface area contributed by atoms with Crippen molar-refractivity contribution >= 4 is 34.4 Å². The standard InChI is InChI=1S/C26H26N4O4S/c1-4-22(24(31)28-17-8-6-9-20(16-17)33-3)35-26-29-23-21(10-7-15-27-23)25(32)30(26)18-11-13-19(14-12-18)34-5-2/h6-16,22H,4-5H2,1-3H3,(H,28,31)/t22-/m0/s1. The number of carbonyl (C=O) groups excluding carboxylic acids is 1. The van der Waals surface area contributed by atoms with Gasteiger partial charge in [0.1, 0.15) is 11.5 Å². The van der Waals surface area contributed by atoms with Gasteiger partial charge in [0.15, 0.2) is 10.8 Å². The highest BCUT2D eigenvalue weighted by Gasteiger charge is 2.23. The van der Waals surface area contributed by atoms with Crippen molar-refractivity contribution in [2.45, 2.75) is 30.7 Å². The molecule has 1 atom stereocenters. The second-order valence-electron chi connectivity index (χ2n) is 7.57. The minimum atomic E-state index is -0.497. The van der Waals surface area contributed by atoms with Gasteiger partial charge >= 0.3 is 0 Å². The van der Waals surface area contributed by atoms with Crippen LogP contribution in [0.3, 0.4) is 0 Å². The van der Waals surface area contributed by atoms with Gasteiger partial charge < -0.3 is 14.8 Å². The molecule has 9 heteroatoms. The summed E-state index contributed by atoms with van der Waals surface area (Å²) in [5.74, 6) is 1.16. The lowest BCUT2D eigenvalue weighted by Gasteiger charge is -2.18. The van der Waals surface area contributed by atoms with Gasteiger partial charge in [0.25, 0.3) is 5.56 Å². The van der Waals surface area contributed by atoms with Crippen molar-refractivity contribution in [1.29, 1.82) is 0 Å². The largest absolute Gasteiger partial charge is 0.497 e. The van der Waals surface area contributed by atoms with E-state index in [0.717, 1.165) is 0 Å². The molecule has 2 heterocycles. The van der Waals surface area contributed by atoms with Crippen molar-refractivity contribution < 1.29 is 14.3 Å². The van der Waals surface area contributed by atoms with Gasteiger partial charge in [0.05, 0.1) is 30.0 Å². The van der Waals surface area contributed by atoms with E-state index in [2.05, 4.69) is 15.3 Å². The third kappa shape index (κ3) is 5.46. The number of benzene rings is 2. The first-order valence-corrected chi connectivity index (χ1v) is 12.1.